The summed E-state index contributed by atoms with van der Waals surface area (Å²) in [4.78, 5) is 6.53. The van der Waals surface area contributed by atoms with E-state index in [0.29, 0.717) is 6.54 Å². The van der Waals surface area contributed by atoms with Gasteiger partial charge in [0.2, 0.25) is 0 Å². The number of ether oxygens (including phenoxy) is 2. The summed E-state index contributed by atoms with van der Waals surface area (Å²) in [6, 6.07) is 3.91. The lowest BCUT2D eigenvalue weighted by Gasteiger charge is -2.21. The minimum Gasteiger partial charge on any atom is -0.497 e. The number of likely N-dealkylation sites (tertiary alicyclic amines) is 1. The van der Waals surface area contributed by atoms with E-state index in [0.717, 1.165) is 24.4 Å². The first-order valence-corrected chi connectivity index (χ1v) is 6.13. The Balaban J connectivity index is 2.03. The lowest BCUT2D eigenvalue weighted by molar-refractivity contribution is 0.107. The fourth-order valence-corrected chi connectivity index (χ4v) is 2.37. The molecule has 2 heterocycles. The second-order valence-corrected chi connectivity index (χ2v) is 4.55. The first-order valence-electron chi connectivity index (χ1n) is 6.13. The molecule has 1 fully saturated rings. The van der Waals surface area contributed by atoms with Gasteiger partial charge in [-0.1, -0.05) is 0 Å². The smallest absolute Gasteiger partial charge is 0.122 e. The number of pyridine rings is 1. The standard InChI is InChI=1S/C13H20N2O3/c1-17-12-3-4-14-10(5-12)7-15-8-13(18-2)6-11(15)9-16/h3-5,11,13,16H,6-9H2,1-2H3/t11-,13+/m0/s1. The number of rotatable bonds is 5. The highest BCUT2D eigenvalue weighted by molar-refractivity contribution is 5.22. The largest absolute Gasteiger partial charge is 0.497 e. The fourth-order valence-electron chi connectivity index (χ4n) is 2.37. The Hall–Kier alpha value is -1.17. The summed E-state index contributed by atoms with van der Waals surface area (Å²) in [6.45, 7) is 1.70. The highest BCUT2D eigenvalue weighted by atomic mass is 16.5. The summed E-state index contributed by atoms with van der Waals surface area (Å²) in [5.41, 5.74) is 0.949. The van der Waals surface area contributed by atoms with Gasteiger partial charge in [0, 0.05) is 38.5 Å². The molecule has 1 aliphatic rings. The van der Waals surface area contributed by atoms with E-state index < -0.39 is 0 Å². The zero-order valence-corrected chi connectivity index (χ0v) is 10.9. The molecule has 5 nitrogen and oxygen atoms in total. The van der Waals surface area contributed by atoms with E-state index in [-0.39, 0.29) is 18.8 Å². The van der Waals surface area contributed by atoms with E-state index in [1.807, 2.05) is 12.1 Å². The molecule has 1 aromatic heterocycles. The highest BCUT2D eigenvalue weighted by Crippen LogP contribution is 2.22. The quantitative estimate of drug-likeness (QED) is 0.835. The van der Waals surface area contributed by atoms with E-state index in [4.69, 9.17) is 9.47 Å². The average molecular weight is 252 g/mol. The molecule has 5 heteroatoms. The third kappa shape index (κ3) is 2.98. The Morgan fingerprint density at radius 2 is 2.33 bits per heavy atom. The van der Waals surface area contributed by atoms with Crippen molar-refractivity contribution in [3.8, 4) is 5.75 Å². The number of aromatic nitrogens is 1. The maximum atomic E-state index is 9.39. The molecule has 1 N–H and O–H groups in total. The van der Waals surface area contributed by atoms with Gasteiger partial charge in [-0.25, -0.2) is 0 Å². The van der Waals surface area contributed by atoms with Crippen molar-refractivity contribution in [2.75, 3.05) is 27.4 Å². The number of nitrogens with zero attached hydrogens (tertiary/aromatic N) is 2. The average Bonchev–Trinajstić information content (AvgIpc) is 2.81. The Kier molecular flexibility index (Phi) is 4.52. The summed E-state index contributed by atoms with van der Waals surface area (Å²) >= 11 is 0. The van der Waals surface area contributed by atoms with Gasteiger partial charge in [-0.05, 0) is 12.5 Å². The molecule has 1 saturated heterocycles. The highest BCUT2D eigenvalue weighted by Gasteiger charge is 2.31. The van der Waals surface area contributed by atoms with Crippen LogP contribution in [0.2, 0.25) is 0 Å². The van der Waals surface area contributed by atoms with Crippen LogP contribution in [0.5, 0.6) is 5.75 Å². The molecule has 0 radical (unpaired) electrons. The van der Waals surface area contributed by atoms with Gasteiger partial charge in [-0.2, -0.15) is 0 Å². The maximum absolute atomic E-state index is 9.39. The number of hydrogen-bond acceptors (Lipinski definition) is 5. The molecule has 0 saturated carbocycles. The topological polar surface area (TPSA) is 54.8 Å². The number of methoxy groups -OCH3 is 2. The van der Waals surface area contributed by atoms with Crippen LogP contribution in [-0.4, -0.2) is 54.5 Å². The van der Waals surface area contributed by atoms with Gasteiger partial charge in [-0.15, -0.1) is 0 Å². The van der Waals surface area contributed by atoms with Crippen molar-refractivity contribution in [2.45, 2.75) is 25.1 Å². The third-order valence-corrected chi connectivity index (χ3v) is 3.42. The number of hydrogen-bond donors (Lipinski definition) is 1. The molecule has 18 heavy (non-hydrogen) atoms. The molecule has 0 amide bonds. The van der Waals surface area contributed by atoms with Gasteiger partial charge in [0.15, 0.2) is 0 Å². The molecule has 0 aliphatic carbocycles. The van der Waals surface area contributed by atoms with Crippen LogP contribution in [-0.2, 0) is 11.3 Å². The first kappa shape index (κ1) is 13.3. The van der Waals surface area contributed by atoms with Crippen LogP contribution < -0.4 is 4.74 Å². The molecule has 0 bridgehead atoms. The van der Waals surface area contributed by atoms with Crippen molar-refractivity contribution in [1.29, 1.82) is 0 Å². The number of aliphatic hydroxyl groups is 1. The molecule has 0 unspecified atom stereocenters. The molecule has 0 aromatic carbocycles. The summed E-state index contributed by atoms with van der Waals surface area (Å²) < 4.78 is 10.5. The predicted octanol–water partition coefficient (Wildman–Crippen LogP) is 0.672. The van der Waals surface area contributed by atoms with Crippen molar-refractivity contribution < 1.29 is 14.6 Å². The van der Waals surface area contributed by atoms with Crippen LogP contribution in [0.3, 0.4) is 0 Å². The Labute approximate surface area is 107 Å². The monoisotopic (exact) mass is 252 g/mol. The normalized spacial score (nSPS) is 24.4. The summed E-state index contributed by atoms with van der Waals surface area (Å²) in [6.07, 6.45) is 2.82. The van der Waals surface area contributed by atoms with Crippen LogP contribution in [0.15, 0.2) is 18.3 Å². The van der Waals surface area contributed by atoms with E-state index >= 15 is 0 Å². The van der Waals surface area contributed by atoms with Gasteiger partial charge in [0.25, 0.3) is 0 Å². The van der Waals surface area contributed by atoms with Crippen molar-refractivity contribution in [3.05, 3.63) is 24.0 Å². The molecule has 2 atom stereocenters. The second kappa shape index (κ2) is 6.13. The second-order valence-electron chi connectivity index (χ2n) is 4.55. The van der Waals surface area contributed by atoms with E-state index in [2.05, 4.69) is 9.88 Å². The van der Waals surface area contributed by atoms with Crippen LogP contribution in [0.4, 0.5) is 0 Å². The van der Waals surface area contributed by atoms with E-state index in [9.17, 15) is 5.11 Å². The van der Waals surface area contributed by atoms with Crippen LogP contribution in [0.1, 0.15) is 12.1 Å². The van der Waals surface area contributed by atoms with Gasteiger partial charge in [0.1, 0.15) is 5.75 Å². The van der Waals surface area contributed by atoms with Crippen molar-refractivity contribution in [3.63, 3.8) is 0 Å². The Morgan fingerprint density at radius 1 is 1.50 bits per heavy atom. The molecule has 1 aromatic rings. The fraction of sp³-hybridized carbons (Fsp3) is 0.615. The third-order valence-electron chi connectivity index (χ3n) is 3.42. The summed E-state index contributed by atoms with van der Waals surface area (Å²) in [5, 5.41) is 9.39. The zero-order valence-electron chi connectivity index (χ0n) is 10.9. The first-order chi connectivity index (χ1) is 8.76. The van der Waals surface area contributed by atoms with Gasteiger partial charge in [0.05, 0.1) is 25.5 Å². The van der Waals surface area contributed by atoms with E-state index in [1.54, 1.807) is 20.4 Å². The summed E-state index contributed by atoms with van der Waals surface area (Å²) in [7, 11) is 3.36. The molecule has 100 valence electrons. The van der Waals surface area contributed by atoms with Gasteiger partial charge in [-0.3, -0.25) is 9.88 Å². The Morgan fingerprint density at radius 3 is 3.00 bits per heavy atom. The minimum atomic E-state index is 0.156. The zero-order chi connectivity index (χ0) is 13.0. The predicted molar refractivity (Wildman–Crippen MR) is 67.5 cm³/mol. The van der Waals surface area contributed by atoms with Gasteiger partial charge < -0.3 is 14.6 Å². The Bertz CT molecular complexity index is 386. The van der Waals surface area contributed by atoms with Crippen LogP contribution in [0, 0.1) is 0 Å². The maximum Gasteiger partial charge on any atom is 0.122 e. The molecular weight excluding hydrogens is 232 g/mol. The minimum absolute atomic E-state index is 0.156. The number of aliphatic hydroxyl groups excluding tert-OH is 1. The van der Waals surface area contributed by atoms with Gasteiger partial charge >= 0.3 is 0 Å². The van der Waals surface area contributed by atoms with Crippen molar-refractivity contribution in [1.82, 2.24) is 9.88 Å². The van der Waals surface area contributed by atoms with Crippen molar-refractivity contribution in [2.24, 2.45) is 0 Å². The lowest BCUT2D eigenvalue weighted by Crippen LogP contribution is -2.32. The molecule has 2 rings (SSSR count). The van der Waals surface area contributed by atoms with Crippen LogP contribution in [0.25, 0.3) is 0 Å². The summed E-state index contributed by atoms with van der Waals surface area (Å²) in [5.74, 6) is 0.808. The van der Waals surface area contributed by atoms with Crippen LogP contribution >= 0.6 is 0 Å². The lowest BCUT2D eigenvalue weighted by atomic mass is 10.2. The van der Waals surface area contributed by atoms with Crippen molar-refractivity contribution >= 4 is 0 Å². The van der Waals surface area contributed by atoms with E-state index in [1.165, 1.54) is 0 Å². The molecular formula is C13H20N2O3. The molecule has 0 spiro atoms. The SMILES string of the molecule is COc1ccnc(CN2C[C@H](OC)C[C@H]2CO)c1. The molecule has 1 aliphatic heterocycles.